The SMILES string of the molecule is COc1ccc(C)cc1S(=O)(=O)NO. The van der Waals surface area contributed by atoms with E-state index in [1.807, 2.05) is 0 Å². The lowest BCUT2D eigenvalue weighted by atomic mass is 10.2. The van der Waals surface area contributed by atoms with Crippen molar-refractivity contribution in [1.82, 2.24) is 4.89 Å². The number of hydrogen-bond donors (Lipinski definition) is 2. The van der Waals surface area contributed by atoms with Gasteiger partial charge in [-0.3, -0.25) is 0 Å². The summed E-state index contributed by atoms with van der Waals surface area (Å²) in [6, 6.07) is 4.66. The fourth-order valence-electron chi connectivity index (χ4n) is 1.04. The third-order valence-electron chi connectivity index (χ3n) is 1.73. The van der Waals surface area contributed by atoms with E-state index >= 15 is 0 Å². The van der Waals surface area contributed by atoms with E-state index in [-0.39, 0.29) is 10.6 Å². The molecule has 1 rings (SSSR count). The molecule has 0 heterocycles. The van der Waals surface area contributed by atoms with Crippen LogP contribution in [0.5, 0.6) is 5.75 Å². The average Bonchev–Trinajstić information content (AvgIpc) is 2.18. The van der Waals surface area contributed by atoms with E-state index in [1.54, 1.807) is 13.0 Å². The molecule has 0 aliphatic heterocycles. The molecule has 1 aromatic rings. The van der Waals surface area contributed by atoms with E-state index in [0.29, 0.717) is 0 Å². The minimum Gasteiger partial charge on any atom is -0.495 e. The highest BCUT2D eigenvalue weighted by atomic mass is 32.2. The van der Waals surface area contributed by atoms with Gasteiger partial charge in [-0.25, -0.2) is 8.42 Å². The predicted octanol–water partition coefficient (Wildman–Crippen LogP) is 0.671. The van der Waals surface area contributed by atoms with Crippen LogP contribution in [0.3, 0.4) is 0 Å². The highest BCUT2D eigenvalue weighted by Gasteiger charge is 2.18. The van der Waals surface area contributed by atoms with Crippen LogP contribution in [0.2, 0.25) is 0 Å². The van der Waals surface area contributed by atoms with Crippen molar-refractivity contribution in [2.75, 3.05) is 7.11 Å². The van der Waals surface area contributed by atoms with Gasteiger partial charge in [0.2, 0.25) is 0 Å². The van der Waals surface area contributed by atoms with Crippen LogP contribution in [0.25, 0.3) is 0 Å². The van der Waals surface area contributed by atoms with Crippen LogP contribution in [0.1, 0.15) is 5.56 Å². The Labute approximate surface area is 82.3 Å². The first-order valence-corrected chi connectivity index (χ1v) is 5.30. The normalized spacial score (nSPS) is 11.4. The number of hydrogen-bond acceptors (Lipinski definition) is 4. The molecule has 0 aliphatic rings. The maximum absolute atomic E-state index is 11.3. The monoisotopic (exact) mass is 217 g/mol. The van der Waals surface area contributed by atoms with Crippen LogP contribution in [-0.4, -0.2) is 20.7 Å². The molecular weight excluding hydrogens is 206 g/mol. The fraction of sp³-hybridized carbons (Fsp3) is 0.250. The predicted molar refractivity (Wildman–Crippen MR) is 49.8 cm³/mol. The van der Waals surface area contributed by atoms with Crippen LogP contribution < -0.4 is 9.62 Å². The highest BCUT2D eigenvalue weighted by Crippen LogP contribution is 2.23. The molecule has 0 fully saturated rings. The van der Waals surface area contributed by atoms with Crippen molar-refractivity contribution < 1.29 is 18.4 Å². The Morgan fingerprint density at radius 3 is 2.57 bits per heavy atom. The highest BCUT2D eigenvalue weighted by molar-refractivity contribution is 7.89. The standard InChI is InChI=1S/C8H11NO4S/c1-6-3-4-7(13-2)8(5-6)14(11,12)9-10/h3-5,9-10H,1-2H3. The van der Waals surface area contributed by atoms with Crippen molar-refractivity contribution in [2.24, 2.45) is 0 Å². The topological polar surface area (TPSA) is 75.6 Å². The van der Waals surface area contributed by atoms with Crippen molar-refractivity contribution >= 4 is 10.0 Å². The number of nitrogens with one attached hydrogen (secondary N) is 1. The van der Waals surface area contributed by atoms with E-state index in [0.717, 1.165) is 5.56 Å². The summed E-state index contributed by atoms with van der Waals surface area (Å²) in [5, 5.41) is 8.46. The zero-order chi connectivity index (χ0) is 10.8. The minimum absolute atomic E-state index is 0.0810. The van der Waals surface area contributed by atoms with Gasteiger partial charge in [0.05, 0.1) is 7.11 Å². The molecule has 0 bridgehead atoms. The summed E-state index contributed by atoms with van der Waals surface area (Å²) in [5.74, 6) is 0.192. The number of sulfonamides is 1. The third kappa shape index (κ3) is 2.03. The summed E-state index contributed by atoms with van der Waals surface area (Å²) in [5.41, 5.74) is 0.764. The van der Waals surface area contributed by atoms with Crippen molar-refractivity contribution in [3.05, 3.63) is 23.8 Å². The molecule has 0 spiro atoms. The maximum Gasteiger partial charge on any atom is 0.265 e. The summed E-state index contributed by atoms with van der Waals surface area (Å²) in [7, 11) is -2.52. The quantitative estimate of drug-likeness (QED) is 0.730. The molecule has 6 heteroatoms. The smallest absolute Gasteiger partial charge is 0.265 e. The lowest BCUT2D eigenvalue weighted by Gasteiger charge is -2.08. The Kier molecular flexibility index (Phi) is 3.10. The molecule has 0 atom stereocenters. The van der Waals surface area contributed by atoms with Crippen LogP contribution >= 0.6 is 0 Å². The van der Waals surface area contributed by atoms with Crippen LogP contribution in [0.15, 0.2) is 23.1 Å². The summed E-state index contributed by atoms with van der Waals surface area (Å²) in [6.45, 7) is 1.75. The molecule has 0 radical (unpaired) electrons. The van der Waals surface area contributed by atoms with Gasteiger partial charge in [0.25, 0.3) is 10.0 Å². The van der Waals surface area contributed by atoms with Gasteiger partial charge in [-0.2, -0.15) is 0 Å². The fourth-order valence-corrected chi connectivity index (χ4v) is 1.90. The second-order valence-corrected chi connectivity index (χ2v) is 4.38. The molecule has 2 N–H and O–H groups in total. The van der Waals surface area contributed by atoms with E-state index in [1.165, 1.54) is 24.1 Å². The molecule has 5 nitrogen and oxygen atoms in total. The number of ether oxygens (including phenoxy) is 1. The van der Waals surface area contributed by atoms with Gasteiger partial charge in [0.1, 0.15) is 10.6 Å². The zero-order valence-electron chi connectivity index (χ0n) is 7.81. The van der Waals surface area contributed by atoms with Gasteiger partial charge in [-0.1, -0.05) is 11.0 Å². The molecule has 0 aromatic heterocycles. The second kappa shape index (κ2) is 3.95. The van der Waals surface area contributed by atoms with E-state index in [2.05, 4.69) is 0 Å². The molecule has 14 heavy (non-hydrogen) atoms. The first-order valence-electron chi connectivity index (χ1n) is 3.82. The number of aryl methyl sites for hydroxylation is 1. The van der Waals surface area contributed by atoms with Gasteiger partial charge < -0.3 is 9.94 Å². The maximum atomic E-state index is 11.3. The zero-order valence-corrected chi connectivity index (χ0v) is 8.63. The molecular formula is C8H11NO4S. The summed E-state index contributed by atoms with van der Waals surface area (Å²) in [6.07, 6.45) is 0. The van der Waals surface area contributed by atoms with E-state index < -0.39 is 10.0 Å². The van der Waals surface area contributed by atoms with Crippen LogP contribution in [-0.2, 0) is 10.0 Å². The Morgan fingerprint density at radius 1 is 1.43 bits per heavy atom. The van der Waals surface area contributed by atoms with Gasteiger partial charge in [0.15, 0.2) is 0 Å². The Bertz CT molecular complexity index is 427. The molecule has 0 aliphatic carbocycles. The van der Waals surface area contributed by atoms with Crippen LogP contribution in [0.4, 0.5) is 0 Å². The molecule has 0 saturated carbocycles. The summed E-state index contributed by atoms with van der Waals surface area (Å²) >= 11 is 0. The lowest BCUT2D eigenvalue weighted by Crippen LogP contribution is -2.20. The third-order valence-corrected chi connectivity index (χ3v) is 2.87. The van der Waals surface area contributed by atoms with Crippen molar-refractivity contribution in [2.45, 2.75) is 11.8 Å². The van der Waals surface area contributed by atoms with Crippen LogP contribution in [0, 0.1) is 6.92 Å². The average molecular weight is 217 g/mol. The summed E-state index contributed by atoms with van der Waals surface area (Å²) < 4.78 is 27.4. The van der Waals surface area contributed by atoms with Gasteiger partial charge in [-0.15, -0.1) is 0 Å². The molecule has 0 saturated heterocycles. The summed E-state index contributed by atoms with van der Waals surface area (Å²) in [4.78, 5) is 1.17. The lowest BCUT2D eigenvalue weighted by molar-refractivity contribution is 0.242. The van der Waals surface area contributed by atoms with Crippen molar-refractivity contribution in [1.29, 1.82) is 0 Å². The molecule has 0 unspecified atom stereocenters. The van der Waals surface area contributed by atoms with Gasteiger partial charge in [-0.05, 0) is 24.6 Å². The largest absolute Gasteiger partial charge is 0.495 e. The van der Waals surface area contributed by atoms with Gasteiger partial charge in [0, 0.05) is 0 Å². The molecule has 0 amide bonds. The Hall–Kier alpha value is -1.11. The van der Waals surface area contributed by atoms with Crippen molar-refractivity contribution in [3.63, 3.8) is 0 Å². The molecule has 78 valence electrons. The Balaban J connectivity index is 3.39. The number of rotatable bonds is 3. The van der Waals surface area contributed by atoms with Gasteiger partial charge >= 0.3 is 0 Å². The number of methoxy groups -OCH3 is 1. The van der Waals surface area contributed by atoms with E-state index in [9.17, 15) is 8.42 Å². The van der Waals surface area contributed by atoms with E-state index in [4.69, 9.17) is 9.94 Å². The number of benzene rings is 1. The Morgan fingerprint density at radius 2 is 2.07 bits per heavy atom. The molecule has 1 aromatic carbocycles. The first-order chi connectivity index (χ1) is 6.51. The van der Waals surface area contributed by atoms with Crippen molar-refractivity contribution in [3.8, 4) is 5.75 Å². The minimum atomic E-state index is -3.88. The second-order valence-electron chi connectivity index (χ2n) is 2.75. The first kappa shape index (κ1) is 11.0.